The maximum absolute atomic E-state index is 13.8. The summed E-state index contributed by atoms with van der Waals surface area (Å²) in [6.45, 7) is 2.09. The summed E-state index contributed by atoms with van der Waals surface area (Å²) in [7, 11) is 0. The van der Waals surface area contributed by atoms with Crippen molar-refractivity contribution in [3.63, 3.8) is 0 Å². The summed E-state index contributed by atoms with van der Waals surface area (Å²) in [5.41, 5.74) is 3.67. The van der Waals surface area contributed by atoms with Crippen molar-refractivity contribution in [1.29, 1.82) is 0 Å². The van der Waals surface area contributed by atoms with Crippen LogP contribution in [-0.4, -0.2) is 21.1 Å². The maximum Gasteiger partial charge on any atom is 0.267 e. The van der Waals surface area contributed by atoms with Gasteiger partial charge in [0, 0.05) is 15.5 Å². The van der Waals surface area contributed by atoms with E-state index in [1.807, 2.05) is 36.4 Å². The van der Waals surface area contributed by atoms with E-state index in [0.29, 0.717) is 21.4 Å². The summed E-state index contributed by atoms with van der Waals surface area (Å²) in [4.78, 5) is 33.6. The Hall–Kier alpha value is -2.41. The summed E-state index contributed by atoms with van der Waals surface area (Å²) in [5, 5.41) is 1.87. The van der Waals surface area contributed by atoms with E-state index in [2.05, 4.69) is 6.92 Å². The van der Waals surface area contributed by atoms with Gasteiger partial charge in [0.15, 0.2) is 10.9 Å². The van der Waals surface area contributed by atoms with Gasteiger partial charge in [0.1, 0.15) is 4.83 Å². The molecule has 0 unspecified atom stereocenters. The van der Waals surface area contributed by atoms with Crippen molar-refractivity contribution in [2.24, 2.45) is 0 Å². The van der Waals surface area contributed by atoms with E-state index in [1.165, 1.54) is 22.2 Å². The first kappa shape index (κ1) is 22.4. The smallest absolute Gasteiger partial charge is 0.267 e. The molecule has 0 saturated carbocycles. The predicted octanol–water partition coefficient (Wildman–Crippen LogP) is 6.52. The van der Waals surface area contributed by atoms with Crippen LogP contribution in [0.4, 0.5) is 0 Å². The molecule has 33 heavy (non-hydrogen) atoms. The SMILES string of the molecule is CCc1ccc(C(=O)CSc2nc3sc4c(c3c(=O)n2-c2ccc(Cl)cc2)CCCC4)cc1. The molecule has 7 heteroatoms. The monoisotopic (exact) mass is 494 g/mol. The first-order valence-corrected chi connectivity index (χ1v) is 13.3. The molecule has 0 fully saturated rings. The van der Waals surface area contributed by atoms with Gasteiger partial charge in [0.2, 0.25) is 0 Å². The topological polar surface area (TPSA) is 52.0 Å². The molecule has 0 amide bonds. The lowest BCUT2D eigenvalue weighted by atomic mass is 9.97. The van der Waals surface area contributed by atoms with Gasteiger partial charge in [0.25, 0.3) is 5.56 Å². The summed E-state index contributed by atoms with van der Waals surface area (Å²) in [5.74, 6) is 0.229. The predicted molar refractivity (Wildman–Crippen MR) is 138 cm³/mol. The Balaban J connectivity index is 1.56. The minimum Gasteiger partial charge on any atom is -0.293 e. The first-order chi connectivity index (χ1) is 16.0. The highest BCUT2D eigenvalue weighted by atomic mass is 35.5. The van der Waals surface area contributed by atoms with Crippen LogP contribution in [0.2, 0.25) is 5.02 Å². The Labute approximate surface area is 205 Å². The fourth-order valence-corrected chi connectivity index (χ4v) is 6.58. The van der Waals surface area contributed by atoms with E-state index in [1.54, 1.807) is 28.0 Å². The average molecular weight is 495 g/mol. The van der Waals surface area contributed by atoms with Crippen LogP contribution in [0.3, 0.4) is 0 Å². The third-order valence-corrected chi connectivity index (χ3v) is 8.44. The normalized spacial score (nSPS) is 13.3. The Morgan fingerprint density at radius 2 is 1.82 bits per heavy atom. The zero-order chi connectivity index (χ0) is 22.9. The molecule has 0 spiro atoms. The summed E-state index contributed by atoms with van der Waals surface area (Å²) >= 11 is 9.03. The number of ketones is 1. The second-order valence-electron chi connectivity index (χ2n) is 8.16. The van der Waals surface area contributed by atoms with Crippen molar-refractivity contribution in [2.75, 3.05) is 5.75 Å². The molecule has 2 aromatic carbocycles. The van der Waals surface area contributed by atoms with Gasteiger partial charge >= 0.3 is 0 Å². The first-order valence-electron chi connectivity index (χ1n) is 11.1. The van der Waals surface area contributed by atoms with Gasteiger partial charge in [-0.25, -0.2) is 4.98 Å². The maximum atomic E-state index is 13.8. The van der Waals surface area contributed by atoms with Crippen LogP contribution < -0.4 is 5.56 Å². The summed E-state index contributed by atoms with van der Waals surface area (Å²) in [6.07, 6.45) is 5.11. The van der Waals surface area contributed by atoms with Gasteiger partial charge in [-0.2, -0.15) is 0 Å². The van der Waals surface area contributed by atoms with Gasteiger partial charge in [0.05, 0.1) is 16.8 Å². The number of benzene rings is 2. The van der Waals surface area contributed by atoms with Crippen LogP contribution >= 0.6 is 34.7 Å². The third kappa shape index (κ3) is 4.39. The number of hydrogen-bond donors (Lipinski definition) is 0. The zero-order valence-electron chi connectivity index (χ0n) is 18.3. The molecular weight excluding hydrogens is 472 g/mol. The van der Waals surface area contributed by atoms with Gasteiger partial charge in [-0.05, 0) is 67.5 Å². The average Bonchev–Trinajstić information content (AvgIpc) is 3.22. The van der Waals surface area contributed by atoms with Gasteiger partial charge in [-0.15, -0.1) is 11.3 Å². The Morgan fingerprint density at radius 3 is 2.55 bits per heavy atom. The fourth-order valence-electron chi connectivity index (χ4n) is 4.24. The molecule has 168 valence electrons. The third-order valence-electron chi connectivity index (χ3n) is 6.06. The van der Waals surface area contributed by atoms with E-state index in [4.69, 9.17) is 16.6 Å². The van der Waals surface area contributed by atoms with Crippen molar-refractivity contribution >= 4 is 50.7 Å². The molecule has 0 bridgehead atoms. The molecule has 2 aromatic heterocycles. The molecule has 0 atom stereocenters. The van der Waals surface area contributed by atoms with Crippen LogP contribution in [0.15, 0.2) is 58.5 Å². The van der Waals surface area contributed by atoms with Gasteiger partial charge in [-0.3, -0.25) is 14.2 Å². The van der Waals surface area contributed by atoms with Crippen LogP contribution in [0, 0.1) is 0 Å². The molecule has 1 aliphatic rings. The van der Waals surface area contributed by atoms with Crippen molar-refractivity contribution in [3.05, 3.63) is 85.5 Å². The molecule has 1 aliphatic carbocycles. The largest absolute Gasteiger partial charge is 0.293 e. The minimum absolute atomic E-state index is 0.0186. The molecule has 5 rings (SSSR count). The second-order valence-corrected chi connectivity index (χ2v) is 10.6. The molecule has 2 heterocycles. The van der Waals surface area contributed by atoms with Crippen LogP contribution in [0.1, 0.15) is 46.1 Å². The lowest BCUT2D eigenvalue weighted by Crippen LogP contribution is -2.22. The fraction of sp³-hybridized carbons (Fsp3) is 0.269. The number of nitrogens with zero attached hydrogens (tertiary/aromatic N) is 2. The molecule has 4 nitrogen and oxygen atoms in total. The lowest BCUT2D eigenvalue weighted by molar-refractivity contribution is 0.102. The van der Waals surface area contributed by atoms with E-state index >= 15 is 0 Å². The van der Waals surface area contributed by atoms with Crippen molar-refractivity contribution < 1.29 is 4.79 Å². The molecule has 4 aromatic rings. The molecular formula is C26H23ClN2O2S2. The number of Topliss-reactive ketones (excluding diaryl/α,β-unsaturated/α-hetero) is 1. The number of hydrogen-bond acceptors (Lipinski definition) is 5. The van der Waals surface area contributed by atoms with Crippen molar-refractivity contribution in [3.8, 4) is 5.69 Å². The molecule has 0 radical (unpaired) electrons. The van der Waals surface area contributed by atoms with Crippen LogP contribution in [0.25, 0.3) is 15.9 Å². The molecule has 0 saturated heterocycles. The number of aryl methyl sites for hydroxylation is 3. The van der Waals surface area contributed by atoms with Crippen molar-refractivity contribution in [1.82, 2.24) is 9.55 Å². The highest BCUT2D eigenvalue weighted by Gasteiger charge is 2.23. The highest BCUT2D eigenvalue weighted by Crippen LogP contribution is 2.35. The number of halogens is 1. The van der Waals surface area contributed by atoms with Crippen LogP contribution in [-0.2, 0) is 19.3 Å². The highest BCUT2D eigenvalue weighted by molar-refractivity contribution is 7.99. The molecule has 0 aliphatic heterocycles. The Bertz CT molecular complexity index is 1390. The second kappa shape index (κ2) is 9.45. The number of carbonyl (C=O) groups excluding carboxylic acids is 1. The number of thioether (sulfide) groups is 1. The molecule has 0 N–H and O–H groups in total. The number of carbonyl (C=O) groups is 1. The van der Waals surface area contributed by atoms with Gasteiger partial charge < -0.3 is 0 Å². The van der Waals surface area contributed by atoms with Gasteiger partial charge in [-0.1, -0.05) is 54.6 Å². The quantitative estimate of drug-likeness (QED) is 0.174. The van der Waals surface area contributed by atoms with E-state index in [-0.39, 0.29) is 17.1 Å². The lowest BCUT2D eigenvalue weighted by Gasteiger charge is -2.13. The van der Waals surface area contributed by atoms with Crippen LogP contribution in [0.5, 0.6) is 0 Å². The zero-order valence-corrected chi connectivity index (χ0v) is 20.7. The standard InChI is InChI=1S/C26H23ClN2O2S2/c1-2-16-7-9-17(10-8-16)21(30)15-32-26-28-24-23(20-5-3-4-6-22(20)33-24)25(31)29(26)19-13-11-18(27)12-14-19/h7-14H,2-6,15H2,1H3. The number of fused-ring (bicyclic) bond motifs is 3. The number of aromatic nitrogens is 2. The summed E-state index contributed by atoms with van der Waals surface area (Å²) < 4.78 is 1.64. The van der Waals surface area contributed by atoms with Crippen molar-refractivity contribution in [2.45, 2.75) is 44.2 Å². The summed E-state index contributed by atoms with van der Waals surface area (Å²) in [6, 6.07) is 14.9. The number of rotatable bonds is 6. The van der Waals surface area contributed by atoms with E-state index in [0.717, 1.165) is 47.9 Å². The minimum atomic E-state index is -0.0658. The Morgan fingerprint density at radius 1 is 1.09 bits per heavy atom. The Kier molecular flexibility index (Phi) is 6.41. The van der Waals surface area contributed by atoms with E-state index in [9.17, 15) is 9.59 Å². The van der Waals surface area contributed by atoms with E-state index < -0.39 is 0 Å². The number of thiophene rings is 1.